The van der Waals surface area contributed by atoms with Gasteiger partial charge in [0.25, 0.3) is 0 Å². The minimum Gasteiger partial charge on any atom is -0.379 e. The molecule has 1 aromatic carbocycles. The molecule has 0 spiro atoms. The molecule has 0 radical (unpaired) electrons. The van der Waals surface area contributed by atoms with Crippen molar-refractivity contribution in [2.45, 2.75) is 31.9 Å². The van der Waals surface area contributed by atoms with Gasteiger partial charge in [-0.1, -0.05) is 25.5 Å². The van der Waals surface area contributed by atoms with Crippen LogP contribution in [0.25, 0.3) is 0 Å². The first-order valence-electron chi connectivity index (χ1n) is 5.22. The van der Waals surface area contributed by atoms with Crippen LogP contribution in [0.2, 0.25) is 0 Å². The highest BCUT2D eigenvalue weighted by Gasteiger charge is 2.17. The molecule has 2 atom stereocenters. The molecule has 3 heteroatoms. The van der Waals surface area contributed by atoms with Crippen LogP contribution in [-0.2, 0) is 4.74 Å². The van der Waals surface area contributed by atoms with Gasteiger partial charge in [0.2, 0.25) is 0 Å². The monoisotopic (exact) mass is 211 g/mol. The standard InChI is InChI=1S/C12H18FNO/c1-3-4-11(15-2)12(14)9-5-7-10(13)8-6-9/h5-8,11-12H,3-4,14H2,1-2H3. The molecule has 2 unspecified atom stereocenters. The average Bonchev–Trinajstić information content (AvgIpc) is 2.26. The van der Waals surface area contributed by atoms with Crippen LogP contribution in [0, 0.1) is 5.82 Å². The first-order chi connectivity index (χ1) is 7.19. The van der Waals surface area contributed by atoms with Gasteiger partial charge in [-0.15, -0.1) is 0 Å². The van der Waals surface area contributed by atoms with Crippen LogP contribution in [0.4, 0.5) is 4.39 Å². The molecule has 0 aliphatic rings. The van der Waals surface area contributed by atoms with Crippen LogP contribution in [-0.4, -0.2) is 13.2 Å². The van der Waals surface area contributed by atoms with Crippen LogP contribution in [0.5, 0.6) is 0 Å². The molecule has 0 aliphatic carbocycles. The lowest BCUT2D eigenvalue weighted by Gasteiger charge is -2.22. The van der Waals surface area contributed by atoms with Crippen LogP contribution in [0.1, 0.15) is 31.4 Å². The quantitative estimate of drug-likeness (QED) is 0.812. The van der Waals surface area contributed by atoms with Crippen molar-refractivity contribution in [1.29, 1.82) is 0 Å². The molecule has 0 aromatic heterocycles. The van der Waals surface area contributed by atoms with Crippen molar-refractivity contribution in [1.82, 2.24) is 0 Å². The first kappa shape index (κ1) is 12.1. The maximum absolute atomic E-state index is 12.7. The Kier molecular flexibility index (Phi) is 4.72. The highest BCUT2D eigenvalue weighted by atomic mass is 19.1. The zero-order chi connectivity index (χ0) is 11.3. The molecule has 0 heterocycles. The molecule has 0 saturated heterocycles. The summed E-state index contributed by atoms with van der Waals surface area (Å²) < 4.78 is 18.0. The van der Waals surface area contributed by atoms with Gasteiger partial charge in [-0.25, -0.2) is 4.39 Å². The number of methoxy groups -OCH3 is 1. The Balaban J connectivity index is 2.73. The van der Waals surface area contributed by atoms with Crippen molar-refractivity contribution in [3.8, 4) is 0 Å². The molecule has 1 rings (SSSR count). The van der Waals surface area contributed by atoms with Gasteiger partial charge in [0.1, 0.15) is 5.82 Å². The molecule has 15 heavy (non-hydrogen) atoms. The Bertz CT molecular complexity index is 286. The van der Waals surface area contributed by atoms with E-state index in [2.05, 4.69) is 6.92 Å². The predicted molar refractivity (Wildman–Crippen MR) is 59.0 cm³/mol. The summed E-state index contributed by atoms with van der Waals surface area (Å²) in [5.74, 6) is -0.240. The first-order valence-corrected chi connectivity index (χ1v) is 5.22. The van der Waals surface area contributed by atoms with Crippen molar-refractivity contribution < 1.29 is 9.13 Å². The lowest BCUT2D eigenvalue weighted by atomic mass is 9.99. The van der Waals surface area contributed by atoms with E-state index in [1.807, 2.05) is 0 Å². The Labute approximate surface area is 90.2 Å². The summed E-state index contributed by atoms with van der Waals surface area (Å²) in [5.41, 5.74) is 6.95. The molecule has 2 nitrogen and oxygen atoms in total. The van der Waals surface area contributed by atoms with E-state index in [0.29, 0.717) is 0 Å². The summed E-state index contributed by atoms with van der Waals surface area (Å²) in [7, 11) is 1.66. The number of halogens is 1. The van der Waals surface area contributed by atoms with Crippen LogP contribution >= 0.6 is 0 Å². The molecule has 0 bridgehead atoms. The fraction of sp³-hybridized carbons (Fsp3) is 0.500. The number of benzene rings is 1. The third-order valence-corrected chi connectivity index (χ3v) is 2.53. The smallest absolute Gasteiger partial charge is 0.123 e. The summed E-state index contributed by atoms with van der Waals surface area (Å²) >= 11 is 0. The molecule has 0 saturated carbocycles. The van der Waals surface area contributed by atoms with E-state index in [4.69, 9.17) is 10.5 Å². The van der Waals surface area contributed by atoms with Crippen LogP contribution in [0.3, 0.4) is 0 Å². The van der Waals surface area contributed by atoms with Gasteiger partial charge in [-0.05, 0) is 24.1 Å². The largest absolute Gasteiger partial charge is 0.379 e. The highest BCUT2D eigenvalue weighted by molar-refractivity contribution is 5.20. The van der Waals surface area contributed by atoms with E-state index < -0.39 is 0 Å². The molecular weight excluding hydrogens is 193 g/mol. The number of ether oxygens (including phenoxy) is 1. The zero-order valence-electron chi connectivity index (χ0n) is 9.24. The number of hydrogen-bond acceptors (Lipinski definition) is 2. The normalized spacial score (nSPS) is 14.9. The van der Waals surface area contributed by atoms with E-state index in [0.717, 1.165) is 18.4 Å². The van der Waals surface area contributed by atoms with Gasteiger partial charge in [0, 0.05) is 7.11 Å². The Hall–Kier alpha value is -0.930. The van der Waals surface area contributed by atoms with Crippen LogP contribution < -0.4 is 5.73 Å². The van der Waals surface area contributed by atoms with Gasteiger partial charge in [0.15, 0.2) is 0 Å². The van der Waals surface area contributed by atoms with E-state index in [-0.39, 0.29) is 18.0 Å². The van der Waals surface area contributed by atoms with Gasteiger partial charge in [-0.3, -0.25) is 0 Å². The molecular formula is C12H18FNO. The minimum absolute atomic E-state index is 0.000427. The lowest BCUT2D eigenvalue weighted by molar-refractivity contribution is 0.0725. The highest BCUT2D eigenvalue weighted by Crippen LogP contribution is 2.20. The second-order valence-corrected chi connectivity index (χ2v) is 3.64. The van der Waals surface area contributed by atoms with Gasteiger partial charge >= 0.3 is 0 Å². The predicted octanol–water partition coefficient (Wildman–Crippen LogP) is 2.64. The fourth-order valence-corrected chi connectivity index (χ4v) is 1.63. The summed E-state index contributed by atoms with van der Waals surface area (Å²) in [5, 5.41) is 0. The molecule has 0 fully saturated rings. The van der Waals surface area contributed by atoms with Crippen molar-refractivity contribution in [3.05, 3.63) is 35.6 Å². The molecule has 0 aliphatic heterocycles. The lowest BCUT2D eigenvalue weighted by Crippen LogP contribution is -2.27. The molecule has 0 amide bonds. The van der Waals surface area contributed by atoms with E-state index in [1.165, 1.54) is 12.1 Å². The summed E-state index contributed by atoms with van der Waals surface area (Å²) in [6.07, 6.45) is 1.93. The average molecular weight is 211 g/mol. The Morgan fingerprint density at radius 2 is 1.93 bits per heavy atom. The fourth-order valence-electron chi connectivity index (χ4n) is 1.63. The van der Waals surface area contributed by atoms with Crippen molar-refractivity contribution >= 4 is 0 Å². The van der Waals surface area contributed by atoms with Crippen LogP contribution in [0.15, 0.2) is 24.3 Å². The summed E-state index contributed by atoms with van der Waals surface area (Å²) in [4.78, 5) is 0. The number of rotatable bonds is 5. The third kappa shape index (κ3) is 3.29. The third-order valence-electron chi connectivity index (χ3n) is 2.53. The molecule has 2 N–H and O–H groups in total. The Morgan fingerprint density at radius 1 is 1.33 bits per heavy atom. The number of hydrogen-bond donors (Lipinski definition) is 1. The summed E-state index contributed by atoms with van der Waals surface area (Å²) in [6.45, 7) is 2.09. The summed E-state index contributed by atoms with van der Waals surface area (Å²) in [6, 6.07) is 6.08. The van der Waals surface area contributed by atoms with Crippen molar-refractivity contribution in [2.24, 2.45) is 5.73 Å². The second-order valence-electron chi connectivity index (χ2n) is 3.64. The van der Waals surface area contributed by atoms with E-state index in [1.54, 1.807) is 19.2 Å². The minimum atomic E-state index is -0.240. The van der Waals surface area contributed by atoms with Crippen molar-refractivity contribution in [3.63, 3.8) is 0 Å². The van der Waals surface area contributed by atoms with E-state index >= 15 is 0 Å². The topological polar surface area (TPSA) is 35.2 Å². The maximum Gasteiger partial charge on any atom is 0.123 e. The number of nitrogens with two attached hydrogens (primary N) is 1. The maximum atomic E-state index is 12.7. The van der Waals surface area contributed by atoms with Crippen molar-refractivity contribution in [2.75, 3.05) is 7.11 Å². The molecule has 1 aromatic rings. The second kappa shape index (κ2) is 5.83. The van der Waals surface area contributed by atoms with E-state index in [9.17, 15) is 4.39 Å². The SMILES string of the molecule is CCCC(OC)C(N)c1ccc(F)cc1. The van der Waals surface area contributed by atoms with Gasteiger partial charge in [-0.2, -0.15) is 0 Å². The Morgan fingerprint density at radius 3 is 2.40 bits per heavy atom. The zero-order valence-corrected chi connectivity index (χ0v) is 9.24. The van der Waals surface area contributed by atoms with Gasteiger partial charge in [0.05, 0.1) is 12.1 Å². The molecule has 84 valence electrons. The van der Waals surface area contributed by atoms with Gasteiger partial charge < -0.3 is 10.5 Å².